The lowest BCUT2D eigenvalue weighted by Gasteiger charge is -2.45. The number of rotatable bonds is 1. The zero-order valence-corrected chi connectivity index (χ0v) is 16.7. The number of hydrogen-bond acceptors (Lipinski definition) is 5. The summed E-state index contributed by atoms with van der Waals surface area (Å²) in [7, 11) is -0.648. The molecule has 148 valence electrons. The van der Waals surface area contributed by atoms with E-state index >= 15 is 0 Å². The highest BCUT2D eigenvalue weighted by molar-refractivity contribution is 7.93. The highest BCUT2D eigenvalue weighted by Crippen LogP contribution is 2.33. The summed E-state index contributed by atoms with van der Waals surface area (Å²) in [6, 6.07) is 0. The van der Waals surface area contributed by atoms with E-state index in [0.717, 1.165) is 30.5 Å². The molecule has 0 N–H and O–H groups in total. The highest BCUT2D eigenvalue weighted by atomic mass is 32.2. The van der Waals surface area contributed by atoms with Crippen LogP contribution in [0.3, 0.4) is 0 Å². The Bertz CT molecular complexity index is 899. The number of fused-ring (bicyclic) bond motifs is 1. The first-order chi connectivity index (χ1) is 12.8. The third-order valence-corrected chi connectivity index (χ3v) is 8.13. The lowest BCUT2D eigenvalue weighted by Crippen LogP contribution is -2.56. The van der Waals surface area contributed by atoms with E-state index < -0.39 is 15.3 Å². The van der Waals surface area contributed by atoms with Gasteiger partial charge in [0.1, 0.15) is 5.69 Å². The molecule has 0 aromatic carbocycles. The summed E-state index contributed by atoms with van der Waals surface area (Å²) >= 11 is 0. The Balaban J connectivity index is 1.52. The Hall–Kier alpha value is -1.74. The number of aryl methyl sites for hydroxylation is 2. The van der Waals surface area contributed by atoms with Gasteiger partial charge in [0.2, 0.25) is 0 Å². The van der Waals surface area contributed by atoms with Gasteiger partial charge in [0.15, 0.2) is 0 Å². The predicted molar refractivity (Wildman–Crippen MR) is 100 cm³/mol. The van der Waals surface area contributed by atoms with Gasteiger partial charge in [-0.2, -0.15) is 9.46 Å². The van der Waals surface area contributed by atoms with Crippen LogP contribution >= 0.6 is 0 Å². The van der Waals surface area contributed by atoms with Crippen molar-refractivity contribution in [1.29, 1.82) is 0 Å². The molecule has 1 aromatic rings. The molecule has 0 bridgehead atoms. The number of morpholine rings is 1. The SMILES string of the molecule is CC(=O)N=S1(=O)CCC2(CC1)CN(C(=O)c1c3c(nn1C)CCC3)CCO2. The summed E-state index contributed by atoms with van der Waals surface area (Å²) in [6.45, 7) is 2.84. The van der Waals surface area contributed by atoms with Crippen molar-refractivity contribution >= 4 is 21.5 Å². The second-order valence-electron chi connectivity index (χ2n) is 7.80. The van der Waals surface area contributed by atoms with E-state index in [1.807, 2.05) is 11.9 Å². The molecule has 0 saturated carbocycles. The van der Waals surface area contributed by atoms with E-state index in [0.29, 0.717) is 49.7 Å². The molecule has 0 unspecified atom stereocenters. The second-order valence-corrected chi connectivity index (χ2v) is 10.3. The molecule has 1 aromatic heterocycles. The van der Waals surface area contributed by atoms with Crippen LogP contribution in [0.5, 0.6) is 0 Å². The van der Waals surface area contributed by atoms with Gasteiger partial charge in [0.05, 0.1) is 34.2 Å². The summed E-state index contributed by atoms with van der Waals surface area (Å²) in [5.41, 5.74) is 2.36. The van der Waals surface area contributed by atoms with Crippen molar-refractivity contribution in [2.24, 2.45) is 11.4 Å². The van der Waals surface area contributed by atoms with E-state index in [4.69, 9.17) is 4.74 Å². The van der Waals surface area contributed by atoms with Crippen LogP contribution in [0.1, 0.15) is 47.9 Å². The fourth-order valence-electron chi connectivity index (χ4n) is 4.50. The Kier molecular flexibility index (Phi) is 4.62. The zero-order chi connectivity index (χ0) is 19.2. The molecule has 1 spiro atoms. The number of hydrogen-bond donors (Lipinski definition) is 0. The summed E-state index contributed by atoms with van der Waals surface area (Å²) in [6.07, 6.45) is 4.01. The maximum atomic E-state index is 13.2. The van der Waals surface area contributed by atoms with Crippen LogP contribution < -0.4 is 0 Å². The molecule has 2 amide bonds. The average molecular weight is 394 g/mol. The largest absolute Gasteiger partial charge is 0.371 e. The lowest BCUT2D eigenvalue weighted by atomic mass is 9.94. The molecule has 2 fully saturated rings. The minimum absolute atomic E-state index is 0.00977. The van der Waals surface area contributed by atoms with Gasteiger partial charge in [-0.15, -0.1) is 0 Å². The second kappa shape index (κ2) is 6.70. The lowest BCUT2D eigenvalue weighted by molar-refractivity contribution is -0.115. The van der Waals surface area contributed by atoms with E-state index in [9.17, 15) is 13.8 Å². The molecule has 1 aliphatic carbocycles. The normalized spacial score (nSPS) is 30.4. The average Bonchev–Trinajstić information content (AvgIpc) is 3.17. The molecule has 2 saturated heterocycles. The number of aromatic nitrogens is 2. The van der Waals surface area contributed by atoms with Gasteiger partial charge >= 0.3 is 0 Å². The third-order valence-electron chi connectivity index (χ3n) is 5.86. The van der Waals surface area contributed by atoms with Crippen LogP contribution in [-0.4, -0.2) is 67.5 Å². The Morgan fingerprint density at radius 3 is 2.70 bits per heavy atom. The van der Waals surface area contributed by atoms with Gasteiger partial charge in [0.25, 0.3) is 11.8 Å². The maximum Gasteiger partial charge on any atom is 0.272 e. The van der Waals surface area contributed by atoms with Gasteiger partial charge in [0, 0.05) is 37.6 Å². The molecular weight excluding hydrogens is 368 g/mol. The smallest absolute Gasteiger partial charge is 0.272 e. The monoisotopic (exact) mass is 394 g/mol. The van der Waals surface area contributed by atoms with E-state index in [-0.39, 0.29) is 11.8 Å². The minimum atomic E-state index is -2.48. The molecule has 3 aliphatic rings. The molecule has 2 aliphatic heterocycles. The number of nitrogens with zero attached hydrogens (tertiary/aromatic N) is 4. The van der Waals surface area contributed by atoms with Gasteiger partial charge in [-0.1, -0.05) is 0 Å². The van der Waals surface area contributed by atoms with Crippen LogP contribution in [0.4, 0.5) is 0 Å². The van der Waals surface area contributed by atoms with E-state index in [1.54, 1.807) is 4.68 Å². The van der Waals surface area contributed by atoms with Crippen LogP contribution in [0.15, 0.2) is 4.36 Å². The first-order valence-electron chi connectivity index (χ1n) is 9.52. The number of carbonyl (C=O) groups is 2. The molecule has 9 heteroatoms. The summed E-state index contributed by atoms with van der Waals surface area (Å²) in [5.74, 6) is 0.309. The molecule has 27 heavy (non-hydrogen) atoms. The number of ether oxygens (including phenoxy) is 1. The van der Waals surface area contributed by atoms with Crippen molar-refractivity contribution in [3.05, 3.63) is 17.0 Å². The number of amides is 2. The fraction of sp³-hybridized carbons (Fsp3) is 0.722. The quantitative estimate of drug-likeness (QED) is 0.706. The summed E-state index contributed by atoms with van der Waals surface area (Å²) < 4.78 is 24.3. The minimum Gasteiger partial charge on any atom is -0.371 e. The molecule has 4 rings (SSSR count). The zero-order valence-electron chi connectivity index (χ0n) is 15.9. The standard InChI is InChI=1S/C18H26N4O4S/c1-13(23)20-27(25)10-6-18(7-11-27)12-22(8-9-26-18)17(24)16-14-4-3-5-15(14)19-21(16)2/h3-12H2,1-2H3. The Morgan fingerprint density at radius 1 is 1.26 bits per heavy atom. The third kappa shape index (κ3) is 3.42. The van der Waals surface area contributed by atoms with Gasteiger partial charge in [-0.05, 0) is 32.1 Å². The van der Waals surface area contributed by atoms with E-state index in [1.165, 1.54) is 6.92 Å². The van der Waals surface area contributed by atoms with Crippen LogP contribution in [0.25, 0.3) is 0 Å². The predicted octanol–water partition coefficient (Wildman–Crippen LogP) is 0.928. The van der Waals surface area contributed by atoms with Gasteiger partial charge < -0.3 is 9.64 Å². The molecule has 8 nitrogen and oxygen atoms in total. The van der Waals surface area contributed by atoms with Crippen molar-refractivity contribution in [3.63, 3.8) is 0 Å². The molecule has 0 atom stereocenters. The topological polar surface area (TPSA) is 93.9 Å². The van der Waals surface area contributed by atoms with Crippen molar-refractivity contribution in [3.8, 4) is 0 Å². The molecule has 0 radical (unpaired) electrons. The number of carbonyl (C=O) groups excluding carboxylic acids is 2. The van der Waals surface area contributed by atoms with Crippen molar-refractivity contribution in [2.75, 3.05) is 31.2 Å². The van der Waals surface area contributed by atoms with Gasteiger partial charge in [-0.25, -0.2) is 4.21 Å². The Morgan fingerprint density at radius 2 is 2.00 bits per heavy atom. The summed E-state index contributed by atoms with van der Waals surface area (Å²) in [4.78, 5) is 26.3. The molecular formula is C18H26N4O4S. The first kappa shape index (κ1) is 18.6. The summed E-state index contributed by atoms with van der Waals surface area (Å²) in [5, 5.41) is 4.51. The van der Waals surface area contributed by atoms with Crippen LogP contribution in [-0.2, 0) is 39.1 Å². The Labute approximate surface area is 159 Å². The van der Waals surface area contributed by atoms with Gasteiger partial charge in [-0.3, -0.25) is 14.3 Å². The fourth-order valence-corrected chi connectivity index (χ4v) is 6.74. The van der Waals surface area contributed by atoms with Crippen LogP contribution in [0.2, 0.25) is 0 Å². The maximum absolute atomic E-state index is 13.2. The van der Waals surface area contributed by atoms with Crippen molar-refractivity contribution in [2.45, 2.75) is 44.6 Å². The molecule has 3 heterocycles. The highest BCUT2D eigenvalue weighted by Gasteiger charge is 2.43. The first-order valence-corrected chi connectivity index (χ1v) is 11.4. The van der Waals surface area contributed by atoms with E-state index in [2.05, 4.69) is 9.46 Å². The van der Waals surface area contributed by atoms with Crippen LogP contribution in [0, 0.1) is 0 Å². The van der Waals surface area contributed by atoms with Crippen molar-refractivity contribution in [1.82, 2.24) is 14.7 Å². The van der Waals surface area contributed by atoms with Crippen molar-refractivity contribution < 1.29 is 18.5 Å².